The highest BCUT2D eigenvalue weighted by atomic mass is 16.5. The van der Waals surface area contributed by atoms with Gasteiger partial charge in [-0.15, -0.1) is 0 Å². The van der Waals surface area contributed by atoms with Crippen molar-refractivity contribution in [2.24, 2.45) is 0 Å². The third kappa shape index (κ3) is 3.76. The van der Waals surface area contributed by atoms with Crippen molar-refractivity contribution in [2.45, 2.75) is 6.73 Å². The average molecular weight is 287 g/mol. The van der Waals surface area contributed by atoms with Gasteiger partial charge in [0, 0.05) is 45.9 Å². The zero-order valence-electron chi connectivity index (χ0n) is 12.4. The summed E-state index contributed by atoms with van der Waals surface area (Å²) < 4.78 is 7.01. The molecule has 0 atom stereocenters. The van der Waals surface area contributed by atoms with Gasteiger partial charge in [-0.3, -0.25) is 9.78 Å². The number of allylic oxidation sites excluding steroid dienone is 1. The Hall–Kier alpha value is -2.47. The molecule has 0 saturated heterocycles. The van der Waals surface area contributed by atoms with Gasteiger partial charge in [-0.2, -0.15) is 0 Å². The second kappa shape index (κ2) is 6.81. The number of nitrogens with one attached hydrogen (secondary N) is 1. The fourth-order valence-corrected chi connectivity index (χ4v) is 1.87. The number of nitrogens with zero attached hydrogens (tertiary/aromatic N) is 3. The Morgan fingerprint density at radius 3 is 2.95 bits per heavy atom. The molecule has 0 aliphatic heterocycles. The molecular weight excluding hydrogens is 268 g/mol. The third-order valence-corrected chi connectivity index (χ3v) is 2.82. The Balaban J connectivity index is 2.35. The van der Waals surface area contributed by atoms with E-state index >= 15 is 0 Å². The van der Waals surface area contributed by atoms with Crippen LogP contribution < -0.4 is 4.57 Å². The van der Waals surface area contributed by atoms with Gasteiger partial charge in [0.25, 0.3) is 5.82 Å². The molecule has 0 bridgehead atoms. The summed E-state index contributed by atoms with van der Waals surface area (Å²) in [6.07, 6.45) is 8.43. The van der Waals surface area contributed by atoms with Gasteiger partial charge in [-0.25, -0.2) is 9.55 Å². The maximum atomic E-state index is 12.1. The molecule has 0 unspecified atom stereocenters. The number of ether oxygens (including phenoxy) is 1. The maximum Gasteiger partial charge on any atom is 0.290 e. The molecule has 0 amide bonds. The monoisotopic (exact) mass is 287 g/mol. The zero-order chi connectivity index (χ0) is 15.2. The van der Waals surface area contributed by atoms with E-state index in [0.29, 0.717) is 12.4 Å². The summed E-state index contributed by atoms with van der Waals surface area (Å²) in [5.41, 5.74) is 1.40. The Labute approximate surface area is 123 Å². The molecule has 6 heteroatoms. The van der Waals surface area contributed by atoms with E-state index < -0.39 is 0 Å². The highest BCUT2D eigenvalue weighted by Gasteiger charge is 2.20. The molecule has 0 saturated carbocycles. The van der Waals surface area contributed by atoms with Crippen LogP contribution in [0.5, 0.6) is 0 Å². The van der Waals surface area contributed by atoms with Crippen LogP contribution in [0.25, 0.3) is 11.4 Å². The minimum absolute atomic E-state index is 0.0938. The number of aromatic amines is 1. The molecule has 0 aromatic carbocycles. The average Bonchev–Trinajstić information content (AvgIpc) is 2.90. The summed E-state index contributed by atoms with van der Waals surface area (Å²) in [7, 11) is 5.34. The largest absolute Gasteiger partial charge is 0.383 e. The highest BCUT2D eigenvalue weighted by Crippen LogP contribution is 2.13. The number of hydrogen-bond acceptors (Lipinski definition) is 4. The fourth-order valence-electron chi connectivity index (χ4n) is 1.87. The first-order chi connectivity index (χ1) is 10.1. The molecule has 0 radical (unpaired) electrons. The van der Waals surface area contributed by atoms with E-state index in [9.17, 15) is 4.79 Å². The lowest BCUT2D eigenvalue weighted by Crippen LogP contribution is -2.34. The summed E-state index contributed by atoms with van der Waals surface area (Å²) >= 11 is 0. The number of pyridine rings is 1. The van der Waals surface area contributed by atoms with Crippen LogP contribution in [-0.2, 0) is 11.5 Å². The molecule has 2 aromatic rings. The summed E-state index contributed by atoms with van der Waals surface area (Å²) in [5.74, 6) is 0.690. The van der Waals surface area contributed by atoms with Crippen molar-refractivity contribution in [3.63, 3.8) is 0 Å². The number of hydrogen-bond donors (Lipinski definition) is 1. The maximum absolute atomic E-state index is 12.1. The predicted octanol–water partition coefficient (Wildman–Crippen LogP) is 1.23. The van der Waals surface area contributed by atoms with Crippen LogP contribution in [0.1, 0.15) is 10.5 Å². The first-order valence-electron chi connectivity index (χ1n) is 6.52. The van der Waals surface area contributed by atoms with Crippen molar-refractivity contribution < 1.29 is 14.1 Å². The first-order valence-corrected chi connectivity index (χ1v) is 6.52. The van der Waals surface area contributed by atoms with Crippen molar-refractivity contribution in [1.82, 2.24) is 14.9 Å². The van der Waals surface area contributed by atoms with Gasteiger partial charge >= 0.3 is 0 Å². The van der Waals surface area contributed by atoms with Crippen LogP contribution >= 0.6 is 0 Å². The number of aromatic nitrogens is 3. The smallest absolute Gasteiger partial charge is 0.290 e. The lowest BCUT2D eigenvalue weighted by molar-refractivity contribution is -0.720. The second-order valence-electron chi connectivity index (χ2n) is 4.79. The Morgan fingerprint density at radius 1 is 1.52 bits per heavy atom. The van der Waals surface area contributed by atoms with Crippen molar-refractivity contribution in [3.8, 4) is 11.4 Å². The number of imidazole rings is 1. The summed E-state index contributed by atoms with van der Waals surface area (Å²) in [6.45, 7) is 0.353. The summed E-state index contributed by atoms with van der Waals surface area (Å²) in [6, 6.07) is 3.77. The van der Waals surface area contributed by atoms with Crippen LogP contribution in [0.2, 0.25) is 0 Å². The number of rotatable bonds is 6. The molecule has 2 heterocycles. The molecule has 21 heavy (non-hydrogen) atoms. The van der Waals surface area contributed by atoms with E-state index in [4.69, 9.17) is 4.74 Å². The number of H-pyrrole nitrogens is 1. The molecule has 2 aromatic heterocycles. The molecule has 110 valence electrons. The van der Waals surface area contributed by atoms with E-state index in [2.05, 4.69) is 9.97 Å². The predicted molar refractivity (Wildman–Crippen MR) is 78.4 cm³/mol. The second-order valence-corrected chi connectivity index (χ2v) is 4.79. The van der Waals surface area contributed by atoms with Crippen molar-refractivity contribution in [1.29, 1.82) is 0 Å². The fraction of sp³-hybridized carbons (Fsp3) is 0.267. The number of carbonyl (C=O) groups is 1. The quantitative estimate of drug-likeness (QED) is 0.493. The Bertz CT molecular complexity index is 632. The van der Waals surface area contributed by atoms with E-state index in [0.717, 1.165) is 11.4 Å². The molecular formula is C15H19N4O2+. The Kier molecular flexibility index (Phi) is 4.84. The van der Waals surface area contributed by atoms with E-state index in [-0.39, 0.29) is 5.78 Å². The van der Waals surface area contributed by atoms with Gasteiger partial charge in [0.15, 0.2) is 6.73 Å². The number of methoxy groups -OCH3 is 1. The zero-order valence-corrected chi connectivity index (χ0v) is 12.4. The van der Waals surface area contributed by atoms with Gasteiger partial charge in [-0.1, -0.05) is 0 Å². The van der Waals surface area contributed by atoms with Crippen molar-refractivity contribution in [3.05, 3.63) is 48.7 Å². The van der Waals surface area contributed by atoms with Crippen LogP contribution in [0.3, 0.4) is 0 Å². The van der Waals surface area contributed by atoms with Crippen LogP contribution in [-0.4, -0.2) is 41.9 Å². The Morgan fingerprint density at radius 2 is 2.33 bits per heavy atom. The van der Waals surface area contributed by atoms with Gasteiger partial charge < -0.3 is 9.64 Å². The van der Waals surface area contributed by atoms with Crippen LogP contribution in [0.4, 0.5) is 0 Å². The molecule has 2 rings (SSSR count). The summed E-state index contributed by atoms with van der Waals surface area (Å²) in [5, 5.41) is 0. The molecule has 0 fully saturated rings. The number of carbonyl (C=O) groups excluding carboxylic acids is 1. The first kappa shape index (κ1) is 14.9. The minimum Gasteiger partial charge on any atom is -0.383 e. The molecule has 0 spiro atoms. The minimum atomic E-state index is -0.0938. The van der Waals surface area contributed by atoms with Gasteiger partial charge in [0.05, 0.1) is 5.56 Å². The lowest BCUT2D eigenvalue weighted by Gasteiger charge is -2.01. The van der Waals surface area contributed by atoms with Crippen molar-refractivity contribution >= 4 is 5.78 Å². The molecule has 1 N–H and O–H groups in total. The summed E-state index contributed by atoms with van der Waals surface area (Å²) in [4.78, 5) is 21.2. The molecule has 6 nitrogen and oxygen atoms in total. The van der Waals surface area contributed by atoms with Gasteiger partial charge in [0.1, 0.15) is 6.20 Å². The van der Waals surface area contributed by atoms with Crippen LogP contribution in [0.15, 0.2) is 43.0 Å². The lowest BCUT2D eigenvalue weighted by atomic mass is 10.3. The van der Waals surface area contributed by atoms with Gasteiger partial charge in [-0.05, 0) is 12.1 Å². The van der Waals surface area contributed by atoms with Gasteiger partial charge in [0.2, 0.25) is 11.5 Å². The van der Waals surface area contributed by atoms with Crippen LogP contribution in [0, 0.1) is 0 Å². The van der Waals surface area contributed by atoms with E-state index in [1.807, 2.05) is 35.7 Å². The molecule has 0 aliphatic rings. The van der Waals surface area contributed by atoms with E-state index in [1.165, 1.54) is 6.08 Å². The topological polar surface area (TPSA) is 62.1 Å². The SMILES string of the molecule is COC[n+]1cc(C(=O)C=CN(C)C)[nH]c1-c1cccnc1. The highest BCUT2D eigenvalue weighted by molar-refractivity contribution is 6.02. The standard InChI is InChI=1S/C15H18N4O2/c1-18(2)8-6-14(20)13-10-19(11-21-3)15(17-13)12-5-4-7-16-9-12/h4-10H,11H2,1-3H3/p+1. The number of ketones is 1. The third-order valence-electron chi connectivity index (χ3n) is 2.82. The van der Waals surface area contributed by atoms with E-state index in [1.54, 1.807) is 31.9 Å². The molecule has 0 aliphatic carbocycles. The normalized spacial score (nSPS) is 11.0. The van der Waals surface area contributed by atoms with Crippen molar-refractivity contribution in [2.75, 3.05) is 21.2 Å².